The predicted octanol–water partition coefficient (Wildman–Crippen LogP) is 12.0. The Bertz CT molecular complexity index is 1170. The van der Waals surface area contributed by atoms with E-state index in [1.807, 2.05) is 0 Å². The lowest BCUT2D eigenvalue weighted by Gasteiger charge is -2.19. The molecule has 10 heteroatoms. The van der Waals surface area contributed by atoms with Gasteiger partial charge in [0, 0.05) is 19.4 Å². The lowest BCUT2D eigenvalue weighted by Crippen LogP contribution is -2.29. The fourth-order valence-electron chi connectivity index (χ4n) is 5.17. The van der Waals surface area contributed by atoms with E-state index in [-0.39, 0.29) is 32.6 Å². The highest BCUT2D eigenvalue weighted by Gasteiger charge is 2.25. The number of hydrogen-bond donors (Lipinski definition) is 2. The summed E-state index contributed by atoms with van der Waals surface area (Å²) >= 11 is 0. The standard InChI is InChI=1S/C45H76NO8P/c1-3-5-7-9-11-13-15-17-19-21-23-25-27-29-31-33-35-37-44(47)51-41-43(42-53-55(49,50)52-40-39-46)54-45(48)38-36-34-32-30-28-26-24-22-20-18-16-14-12-10-8-6-4-2/h6,8,12,14,17-20,23-26,29,31,43H,3-5,7,9-11,13,15-16,21-22,27-28,30,32-42,46H2,1-2H3,(H,49,50)/t43-/m1/s1. The van der Waals surface area contributed by atoms with Gasteiger partial charge in [-0.15, -0.1) is 0 Å². The van der Waals surface area contributed by atoms with Crippen LogP contribution in [-0.4, -0.2) is 49.3 Å². The molecule has 0 aromatic rings. The van der Waals surface area contributed by atoms with Crippen LogP contribution < -0.4 is 5.73 Å². The van der Waals surface area contributed by atoms with Crippen LogP contribution in [0.3, 0.4) is 0 Å². The maximum Gasteiger partial charge on any atom is 0.472 e. The molecule has 0 rings (SSSR count). The van der Waals surface area contributed by atoms with Crippen molar-refractivity contribution in [2.24, 2.45) is 5.73 Å². The fraction of sp³-hybridized carbons (Fsp3) is 0.644. The summed E-state index contributed by atoms with van der Waals surface area (Å²) in [5, 5.41) is 0. The van der Waals surface area contributed by atoms with Gasteiger partial charge in [0.05, 0.1) is 13.2 Å². The number of rotatable bonds is 38. The second kappa shape index (κ2) is 40.8. The number of ether oxygens (including phenoxy) is 2. The van der Waals surface area contributed by atoms with Crippen molar-refractivity contribution in [1.82, 2.24) is 0 Å². The maximum absolute atomic E-state index is 12.6. The SMILES string of the molecule is CCC=CCC=CCC=CCC=CCCCCCCC(=O)O[C@H](COC(=O)CCCC=CCC=CCC=CCCCCCCCC)COP(=O)(O)OCCN. The molecule has 0 heterocycles. The lowest BCUT2D eigenvalue weighted by molar-refractivity contribution is -0.161. The fourth-order valence-corrected chi connectivity index (χ4v) is 5.93. The molecule has 0 aliphatic heterocycles. The zero-order valence-electron chi connectivity index (χ0n) is 34.4. The summed E-state index contributed by atoms with van der Waals surface area (Å²) in [7, 11) is -4.40. The molecule has 0 aromatic carbocycles. The maximum atomic E-state index is 12.6. The monoisotopic (exact) mass is 790 g/mol. The molecule has 0 spiro atoms. The number of phosphoric acid groups is 1. The molecular formula is C45H76NO8P. The molecule has 2 atom stereocenters. The van der Waals surface area contributed by atoms with Crippen molar-refractivity contribution in [3.8, 4) is 0 Å². The molecule has 0 radical (unpaired) electrons. The zero-order valence-corrected chi connectivity index (χ0v) is 35.3. The molecule has 1 unspecified atom stereocenters. The molecule has 0 saturated heterocycles. The van der Waals surface area contributed by atoms with E-state index in [0.29, 0.717) is 12.8 Å². The van der Waals surface area contributed by atoms with Gasteiger partial charge in [0.1, 0.15) is 6.61 Å². The van der Waals surface area contributed by atoms with E-state index in [2.05, 4.69) is 98.9 Å². The first-order valence-electron chi connectivity index (χ1n) is 21.1. The summed E-state index contributed by atoms with van der Waals surface area (Å²) in [4.78, 5) is 34.8. The van der Waals surface area contributed by atoms with E-state index < -0.39 is 32.5 Å². The van der Waals surface area contributed by atoms with Gasteiger partial charge in [0.2, 0.25) is 0 Å². The Morgan fingerprint density at radius 1 is 0.564 bits per heavy atom. The molecule has 0 aliphatic carbocycles. The Labute approximate surface area is 334 Å². The number of phosphoric ester groups is 1. The van der Waals surface area contributed by atoms with Crippen LogP contribution in [0, 0.1) is 0 Å². The van der Waals surface area contributed by atoms with Gasteiger partial charge in [-0.3, -0.25) is 18.6 Å². The van der Waals surface area contributed by atoms with E-state index in [9.17, 15) is 19.0 Å². The van der Waals surface area contributed by atoms with E-state index in [1.165, 1.54) is 38.5 Å². The lowest BCUT2D eigenvalue weighted by atomic mass is 10.1. The summed E-state index contributed by atoms with van der Waals surface area (Å²) in [6.45, 7) is 3.50. The highest BCUT2D eigenvalue weighted by atomic mass is 31.2. The van der Waals surface area contributed by atoms with E-state index in [0.717, 1.165) is 77.0 Å². The quantitative estimate of drug-likeness (QED) is 0.0271. The normalized spacial score (nSPS) is 14.2. The number of hydrogen-bond acceptors (Lipinski definition) is 8. The summed E-state index contributed by atoms with van der Waals surface area (Å²) in [5.74, 6) is -0.926. The molecule has 55 heavy (non-hydrogen) atoms. The molecule has 0 aromatic heterocycles. The minimum Gasteiger partial charge on any atom is -0.462 e. The molecule has 0 bridgehead atoms. The van der Waals surface area contributed by atoms with Gasteiger partial charge < -0.3 is 20.1 Å². The summed E-state index contributed by atoms with van der Waals surface area (Å²) in [6.07, 6.45) is 50.5. The molecule has 3 N–H and O–H groups in total. The highest BCUT2D eigenvalue weighted by Crippen LogP contribution is 2.43. The van der Waals surface area contributed by atoms with Crippen molar-refractivity contribution < 1.29 is 37.6 Å². The van der Waals surface area contributed by atoms with Crippen LogP contribution in [0.15, 0.2) is 85.1 Å². The topological polar surface area (TPSA) is 134 Å². The Hall–Kier alpha value is -2.81. The second-order valence-electron chi connectivity index (χ2n) is 13.5. The Balaban J connectivity index is 4.32. The molecule has 0 fully saturated rings. The summed E-state index contributed by atoms with van der Waals surface area (Å²) in [5.41, 5.74) is 5.34. The minimum absolute atomic E-state index is 0.0380. The molecule has 9 nitrogen and oxygen atoms in total. The smallest absolute Gasteiger partial charge is 0.462 e. The van der Waals surface area contributed by atoms with Crippen LogP contribution in [0.4, 0.5) is 0 Å². The van der Waals surface area contributed by atoms with Crippen molar-refractivity contribution >= 4 is 19.8 Å². The van der Waals surface area contributed by atoms with Crippen molar-refractivity contribution in [3.05, 3.63) is 85.1 Å². The Kier molecular flexibility index (Phi) is 38.8. The van der Waals surface area contributed by atoms with E-state index in [4.69, 9.17) is 24.3 Å². The molecule has 0 aliphatic rings. The van der Waals surface area contributed by atoms with Crippen LogP contribution in [0.2, 0.25) is 0 Å². The molecule has 0 amide bonds. The molecule has 314 valence electrons. The van der Waals surface area contributed by atoms with Gasteiger partial charge in [-0.05, 0) is 83.5 Å². The van der Waals surface area contributed by atoms with Crippen molar-refractivity contribution in [1.29, 1.82) is 0 Å². The average molecular weight is 790 g/mol. The van der Waals surface area contributed by atoms with Gasteiger partial charge in [-0.2, -0.15) is 0 Å². The number of nitrogens with two attached hydrogens (primary N) is 1. The van der Waals surface area contributed by atoms with Crippen molar-refractivity contribution in [2.45, 2.75) is 161 Å². The van der Waals surface area contributed by atoms with Gasteiger partial charge in [0.25, 0.3) is 0 Å². The first kappa shape index (κ1) is 52.2. The molecule has 0 saturated carbocycles. The minimum atomic E-state index is -4.40. The number of carbonyl (C=O) groups is 2. The van der Waals surface area contributed by atoms with E-state index >= 15 is 0 Å². The van der Waals surface area contributed by atoms with Crippen molar-refractivity contribution in [2.75, 3.05) is 26.4 Å². The number of esters is 2. The van der Waals surface area contributed by atoms with Gasteiger partial charge >= 0.3 is 19.8 Å². The third-order valence-electron chi connectivity index (χ3n) is 8.27. The van der Waals surface area contributed by atoms with Crippen LogP contribution in [0.1, 0.15) is 155 Å². The Morgan fingerprint density at radius 2 is 1.02 bits per heavy atom. The highest BCUT2D eigenvalue weighted by molar-refractivity contribution is 7.47. The van der Waals surface area contributed by atoms with E-state index in [1.54, 1.807) is 0 Å². The van der Waals surface area contributed by atoms with Crippen LogP contribution in [0.25, 0.3) is 0 Å². The van der Waals surface area contributed by atoms with Gasteiger partial charge in [-0.25, -0.2) is 4.57 Å². The number of unbranched alkanes of at least 4 members (excludes halogenated alkanes) is 11. The predicted molar refractivity (Wildman–Crippen MR) is 229 cm³/mol. The number of carbonyl (C=O) groups excluding carboxylic acids is 2. The van der Waals surface area contributed by atoms with Crippen LogP contribution >= 0.6 is 7.82 Å². The first-order valence-corrected chi connectivity index (χ1v) is 22.6. The Morgan fingerprint density at radius 3 is 1.55 bits per heavy atom. The largest absolute Gasteiger partial charge is 0.472 e. The second-order valence-corrected chi connectivity index (χ2v) is 14.9. The average Bonchev–Trinajstić information content (AvgIpc) is 3.17. The summed E-state index contributed by atoms with van der Waals surface area (Å²) in [6, 6.07) is 0. The van der Waals surface area contributed by atoms with Gasteiger partial charge in [-0.1, -0.05) is 144 Å². The third kappa shape index (κ3) is 40.7. The van der Waals surface area contributed by atoms with Crippen LogP contribution in [-0.2, 0) is 32.7 Å². The number of allylic oxidation sites excluding steroid dienone is 14. The first-order chi connectivity index (χ1) is 26.8. The third-order valence-corrected chi connectivity index (χ3v) is 9.25. The zero-order chi connectivity index (χ0) is 40.3. The van der Waals surface area contributed by atoms with Crippen LogP contribution in [0.5, 0.6) is 0 Å². The van der Waals surface area contributed by atoms with Gasteiger partial charge in [0.15, 0.2) is 6.10 Å². The van der Waals surface area contributed by atoms with Crippen molar-refractivity contribution in [3.63, 3.8) is 0 Å². The summed E-state index contributed by atoms with van der Waals surface area (Å²) < 4.78 is 32.7. The molecular weight excluding hydrogens is 713 g/mol.